The van der Waals surface area contributed by atoms with Gasteiger partial charge in [-0.05, 0) is 55.8 Å². The van der Waals surface area contributed by atoms with Gasteiger partial charge in [0.15, 0.2) is 5.60 Å². The monoisotopic (exact) mass is 342 g/mol. The summed E-state index contributed by atoms with van der Waals surface area (Å²) in [6, 6.07) is 12.8. The van der Waals surface area contributed by atoms with Crippen LogP contribution in [0, 0.1) is 17.1 Å². The van der Waals surface area contributed by atoms with E-state index >= 15 is 0 Å². The molecule has 0 radical (unpaired) electrons. The lowest BCUT2D eigenvalue weighted by atomic mass is 10.1. The Kier molecular flexibility index (Phi) is 5.73. The molecule has 0 aliphatic carbocycles. The summed E-state index contributed by atoms with van der Waals surface area (Å²) in [4.78, 5) is 12.4. The Hall–Kier alpha value is -2.91. The Labute approximate surface area is 145 Å². The topological polar surface area (TPSA) is 82.3 Å². The maximum Gasteiger partial charge on any atom is 0.263 e. The highest BCUT2D eigenvalue weighted by atomic mass is 19.1. The van der Waals surface area contributed by atoms with Crippen LogP contribution < -0.4 is 10.1 Å². The Balaban J connectivity index is 1.99. The van der Waals surface area contributed by atoms with Gasteiger partial charge in [-0.2, -0.15) is 5.26 Å². The molecule has 0 saturated heterocycles. The summed E-state index contributed by atoms with van der Waals surface area (Å²) < 4.78 is 19.1. The predicted molar refractivity (Wildman–Crippen MR) is 90.0 cm³/mol. The van der Waals surface area contributed by atoms with Gasteiger partial charge in [-0.25, -0.2) is 4.39 Å². The van der Waals surface area contributed by atoms with Crippen molar-refractivity contribution in [1.29, 1.82) is 5.26 Å². The molecule has 6 heteroatoms. The van der Waals surface area contributed by atoms with Crippen molar-refractivity contribution in [3.8, 4) is 11.8 Å². The Bertz CT molecular complexity index is 795. The maximum atomic E-state index is 13.4. The van der Waals surface area contributed by atoms with E-state index in [0.717, 1.165) is 0 Å². The van der Waals surface area contributed by atoms with E-state index in [1.165, 1.54) is 12.1 Å². The summed E-state index contributed by atoms with van der Waals surface area (Å²) in [5.74, 6) is -0.350. The number of nitrogens with zero attached hydrogens (tertiary/aromatic N) is 1. The van der Waals surface area contributed by atoms with E-state index in [1.807, 2.05) is 6.07 Å². The Morgan fingerprint density at radius 3 is 2.56 bits per heavy atom. The third-order valence-electron chi connectivity index (χ3n) is 3.64. The number of amides is 1. The molecule has 0 unspecified atom stereocenters. The zero-order chi connectivity index (χ0) is 18.4. The molecule has 130 valence electrons. The smallest absolute Gasteiger partial charge is 0.263 e. The second-order valence-corrected chi connectivity index (χ2v) is 6.02. The molecule has 0 heterocycles. The van der Waals surface area contributed by atoms with Crippen molar-refractivity contribution in [2.45, 2.75) is 32.6 Å². The first kappa shape index (κ1) is 18.4. The molecule has 0 fully saturated rings. The minimum atomic E-state index is -1.13. The highest BCUT2D eigenvalue weighted by Crippen LogP contribution is 2.19. The third kappa shape index (κ3) is 4.78. The fourth-order valence-electron chi connectivity index (χ4n) is 2.19. The first-order chi connectivity index (χ1) is 11.9. The van der Waals surface area contributed by atoms with Gasteiger partial charge in [0, 0.05) is 12.1 Å². The molecular formula is C19H19FN2O3. The van der Waals surface area contributed by atoms with Gasteiger partial charge < -0.3 is 15.2 Å². The van der Waals surface area contributed by atoms with E-state index in [0.29, 0.717) is 16.9 Å². The van der Waals surface area contributed by atoms with Crippen LogP contribution in [-0.2, 0) is 17.9 Å². The first-order valence-corrected chi connectivity index (χ1v) is 7.71. The van der Waals surface area contributed by atoms with Crippen molar-refractivity contribution in [2.24, 2.45) is 0 Å². The minimum absolute atomic E-state index is 0.180. The van der Waals surface area contributed by atoms with Crippen molar-refractivity contribution in [3.05, 3.63) is 65.0 Å². The lowest BCUT2D eigenvalue weighted by Crippen LogP contribution is -2.46. The molecule has 0 saturated carbocycles. The summed E-state index contributed by atoms with van der Waals surface area (Å²) in [6.07, 6.45) is 0. The maximum absolute atomic E-state index is 13.4. The summed E-state index contributed by atoms with van der Waals surface area (Å²) in [5.41, 5.74) is 0.229. The largest absolute Gasteiger partial charge is 0.478 e. The molecule has 2 rings (SSSR count). The molecule has 25 heavy (non-hydrogen) atoms. The molecule has 2 N–H and O–H groups in total. The van der Waals surface area contributed by atoms with Gasteiger partial charge >= 0.3 is 0 Å². The van der Waals surface area contributed by atoms with E-state index in [1.54, 1.807) is 44.2 Å². The van der Waals surface area contributed by atoms with Crippen LogP contribution in [0.2, 0.25) is 0 Å². The van der Waals surface area contributed by atoms with Crippen LogP contribution in [0.15, 0.2) is 42.5 Å². The number of aliphatic hydroxyl groups excluding tert-OH is 1. The summed E-state index contributed by atoms with van der Waals surface area (Å²) in [7, 11) is 0. The lowest BCUT2D eigenvalue weighted by molar-refractivity contribution is -0.134. The van der Waals surface area contributed by atoms with Gasteiger partial charge in [-0.3, -0.25) is 4.79 Å². The van der Waals surface area contributed by atoms with Crippen LogP contribution >= 0.6 is 0 Å². The van der Waals surface area contributed by atoms with Crippen molar-refractivity contribution in [1.82, 2.24) is 5.32 Å². The van der Waals surface area contributed by atoms with Gasteiger partial charge in [-0.15, -0.1) is 0 Å². The SMILES string of the molecule is CC(C)(Oc1ccc(C#N)cc1)C(=O)NCc1ccc(F)c(CO)c1. The van der Waals surface area contributed by atoms with E-state index < -0.39 is 18.0 Å². The predicted octanol–water partition coefficient (Wildman–Crippen LogP) is 2.66. The molecule has 0 spiro atoms. The molecule has 0 aromatic heterocycles. The molecule has 0 aliphatic rings. The van der Waals surface area contributed by atoms with Gasteiger partial charge in [0.25, 0.3) is 5.91 Å². The quantitative estimate of drug-likeness (QED) is 0.845. The number of aliphatic hydroxyl groups is 1. The van der Waals surface area contributed by atoms with E-state index in [2.05, 4.69) is 5.32 Å². The van der Waals surface area contributed by atoms with E-state index in [4.69, 9.17) is 15.1 Å². The number of carbonyl (C=O) groups is 1. The van der Waals surface area contributed by atoms with Gasteiger partial charge in [0.1, 0.15) is 11.6 Å². The molecule has 0 atom stereocenters. The molecule has 5 nitrogen and oxygen atoms in total. The standard InChI is InChI=1S/C19H19FN2O3/c1-19(2,25-16-6-3-13(10-21)4-7-16)18(24)22-11-14-5-8-17(20)15(9-14)12-23/h3-9,23H,11-12H2,1-2H3,(H,22,24). The minimum Gasteiger partial charge on any atom is -0.478 e. The molecule has 2 aromatic rings. The number of rotatable bonds is 6. The summed E-state index contributed by atoms with van der Waals surface area (Å²) in [5, 5.41) is 20.6. The molecule has 0 bridgehead atoms. The highest BCUT2D eigenvalue weighted by molar-refractivity contribution is 5.84. The third-order valence-corrected chi connectivity index (χ3v) is 3.64. The first-order valence-electron chi connectivity index (χ1n) is 7.71. The van der Waals surface area contributed by atoms with Crippen LogP contribution in [0.5, 0.6) is 5.75 Å². The normalized spacial score (nSPS) is 10.8. The molecule has 2 aromatic carbocycles. The zero-order valence-corrected chi connectivity index (χ0v) is 14.0. The number of benzene rings is 2. The molecule has 0 aliphatic heterocycles. The second-order valence-electron chi connectivity index (χ2n) is 6.02. The number of nitrogens with one attached hydrogen (secondary N) is 1. The van der Waals surface area contributed by atoms with Gasteiger partial charge in [-0.1, -0.05) is 6.07 Å². The van der Waals surface area contributed by atoms with Crippen molar-refractivity contribution < 1.29 is 19.0 Å². The van der Waals surface area contributed by atoms with Crippen LogP contribution in [0.1, 0.15) is 30.5 Å². The fourth-order valence-corrected chi connectivity index (χ4v) is 2.19. The van der Waals surface area contributed by atoms with Crippen molar-refractivity contribution in [3.63, 3.8) is 0 Å². The number of hydrogen-bond acceptors (Lipinski definition) is 4. The van der Waals surface area contributed by atoms with Gasteiger partial charge in [0.2, 0.25) is 0 Å². The van der Waals surface area contributed by atoms with Crippen LogP contribution in [-0.4, -0.2) is 16.6 Å². The lowest BCUT2D eigenvalue weighted by Gasteiger charge is -2.25. The number of hydrogen-bond donors (Lipinski definition) is 2. The van der Waals surface area contributed by atoms with Crippen LogP contribution in [0.3, 0.4) is 0 Å². The Morgan fingerprint density at radius 1 is 1.28 bits per heavy atom. The average molecular weight is 342 g/mol. The second kappa shape index (κ2) is 7.77. The fraction of sp³-hybridized carbons (Fsp3) is 0.263. The van der Waals surface area contributed by atoms with Crippen molar-refractivity contribution in [2.75, 3.05) is 0 Å². The summed E-state index contributed by atoms with van der Waals surface area (Å²) >= 11 is 0. The molecule has 1 amide bonds. The van der Waals surface area contributed by atoms with E-state index in [-0.39, 0.29) is 18.0 Å². The zero-order valence-electron chi connectivity index (χ0n) is 14.0. The average Bonchev–Trinajstić information content (AvgIpc) is 2.61. The number of carbonyl (C=O) groups excluding carboxylic acids is 1. The van der Waals surface area contributed by atoms with E-state index in [9.17, 15) is 9.18 Å². The highest BCUT2D eigenvalue weighted by Gasteiger charge is 2.29. The molecular weight excluding hydrogens is 323 g/mol. The summed E-state index contributed by atoms with van der Waals surface area (Å²) in [6.45, 7) is 3.04. The number of nitriles is 1. The number of ether oxygens (including phenoxy) is 1. The van der Waals surface area contributed by atoms with Crippen LogP contribution in [0.4, 0.5) is 4.39 Å². The number of halogens is 1. The van der Waals surface area contributed by atoms with Crippen molar-refractivity contribution >= 4 is 5.91 Å². The Morgan fingerprint density at radius 2 is 1.96 bits per heavy atom. The van der Waals surface area contributed by atoms with Gasteiger partial charge in [0.05, 0.1) is 18.2 Å². The van der Waals surface area contributed by atoms with Crippen LogP contribution in [0.25, 0.3) is 0 Å².